The van der Waals surface area contributed by atoms with E-state index in [4.69, 9.17) is 9.56 Å². The summed E-state index contributed by atoms with van der Waals surface area (Å²) in [5.41, 5.74) is 4.99. The summed E-state index contributed by atoms with van der Waals surface area (Å²) in [5.74, 6) is 0.389. The molecule has 1 aromatic heterocycles. The second kappa shape index (κ2) is 6.97. The lowest BCUT2D eigenvalue weighted by molar-refractivity contribution is 0.0769. The van der Waals surface area contributed by atoms with E-state index in [1.54, 1.807) is 20.8 Å². The summed E-state index contributed by atoms with van der Waals surface area (Å²) in [5, 5.41) is 18.8. The van der Waals surface area contributed by atoms with Gasteiger partial charge in [0.1, 0.15) is 5.76 Å². The molecule has 0 aliphatic heterocycles. The molecule has 1 unspecified atom stereocenters. The van der Waals surface area contributed by atoms with Crippen LogP contribution in [0.15, 0.2) is 26.0 Å². The molecule has 7 nitrogen and oxygen atoms in total. The van der Waals surface area contributed by atoms with Gasteiger partial charge < -0.3 is 14.8 Å². The fraction of sp³-hybridized carbons (Fsp3) is 0.476. The van der Waals surface area contributed by atoms with Crippen LogP contribution in [-0.2, 0) is 41.2 Å². The van der Waals surface area contributed by atoms with Crippen LogP contribution in [0.2, 0.25) is 0 Å². The molecule has 0 saturated heterocycles. The van der Waals surface area contributed by atoms with Gasteiger partial charge in [0.25, 0.3) is 0 Å². The Hall–Kier alpha value is -2.16. The highest BCUT2D eigenvalue weighted by molar-refractivity contribution is 7.91. The van der Waals surface area contributed by atoms with Crippen LogP contribution in [0.25, 0.3) is 0 Å². The highest BCUT2D eigenvalue weighted by Crippen LogP contribution is 2.38. The maximum absolute atomic E-state index is 12.9. The van der Waals surface area contributed by atoms with E-state index in [1.807, 2.05) is 0 Å². The van der Waals surface area contributed by atoms with Crippen molar-refractivity contribution in [3.63, 3.8) is 0 Å². The van der Waals surface area contributed by atoms with Crippen LogP contribution >= 0.6 is 0 Å². The molecule has 4 N–H and O–H groups in total. The molecule has 0 radical (unpaired) electrons. The van der Waals surface area contributed by atoms with Crippen molar-refractivity contribution in [3.05, 3.63) is 45.7 Å². The number of nitrogens with one attached hydrogen (secondary N) is 1. The molecular weight excluding hydrogens is 390 g/mol. The van der Waals surface area contributed by atoms with E-state index in [9.17, 15) is 14.1 Å². The number of anilines is 1. The van der Waals surface area contributed by atoms with Crippen molar-refractivity contribution in [2.75, 3.05) is 5.32 Å². The SMILES string of the molecule is Cc1oc(S(N)(=O)=NC(=O)Nc2c3c(cc4c2CCC4)CCC3)cc1C(C)(C)O. The van der Waals surface area contributed by atoms with Crippen molar-refractivity contribution in [3.8, 4) is 0 Å². The quantitative estimate of drug-likeness (QED) is 0.705. The highest BCUT2D eigenvalue weighted by Gasteiger charge is 2.27. The van der Waals surface area contributed by atoms with Crippen molar-refractivity contribution in [2.24, 2.45) is 9.50 Å². The van der Waals surface area contributed by atoms with E-state index < -0.39 is 21.5 Å². The normalized spacial score (nSPS) is 17.6. The number of hydrogen-bond acceptors (Lipinski definition) is 4. The Labute approximate surface area is 171 Å². The summed E-state index contributed by atoms with van der Waals surface area (Å²) >= 11 is 0. The number of carbonyl (C=O) groups excluding carboxylic acids is 1. The molecule has 2 aliphatic rings. The van der Waals surface area contributed by atoms with E-state index in [2.05, 4.69) is 15.7 Å². The van der Waals surface area contributed by atoms with Gasteiger partial charge in [-0.05, 0) is 81.5 Å². The number of amides is 2. The van der Waals surface area contributed by atoms with Crippen LogP contribution in [0.1, 0.15) is 60.3 Å². The van der Waals surface area contributed by atoms with Gasteiger partial charge in [-0.15, -0.1) is 4.36 Å². The zero-order valence-corrected chi connectivity index (χ0v) is 17.8. The standard InChI is InChI=1S/C21H27N3O4S/c1-12-17(21(2,3)26)11-18(28-12)29(22,27)24-20(25)23-19-15-8-4-6-13(15)10-14-7-5-9-16(14)19/h10-11,26H,4-9H2,1-3H3,(H3,22,23,24,25,27). The van der Waals surface area contributed by atoms with Crippen molar-refractivity contribution in [1.29, 1.82) is 0 Å². The lowest BCUT2D eigenvalue weighted by atomic mass is 9.99. The summed E-state index contributed by atoms with van der Waals surface area (Å²) in [6.45, 7) is 4.82. The summed E-state index contributed by atoms with van der Waals surface area (Å²) in [7, 11) is -3.58. The van der Waals surface area contributed by atoms with Gasteiger partial charge in [-0.1, -0.05) is 6.07 Å². The first kappa shape index (κ1) is 20.1. The van der Waals surface area contributed by atoms with Gasteiger partial charge in [0.15, 0.2) is 9.92 Å². The predicted molar refractivity (Wildman–Crippen MR) is 111 cm³/mol. The smallest absolute Gasteiger partial charge is 0.354 e. The first-order valence-electron chi connectivity index (χ1n) is 9.92. The van der Waals surface area contributed by atoms with Crippen molar-refractivity contribution >= 4 is 21.6 Å². The molecule has 0 bridgehead atoms. The van der Waals surface area contributed by atoms with Crippen molar-refractivity contribution in [2.45, 2.75) is 70.0 Å². The molecule has 2 aliphatic carbocycles. The van der Waals surface area contributed by atoms with Crippen LogP contribution in [0, 0.1) is 6.92 Å². The average molecular weight is 418 g/mol. The van der Waals surface area contributed by atoms with E-state index >= 15 is 0 Å². The van der Waals surface area contributed by atoms with E-state index in [1.165, 1.54) is 17.2 Å². The Morgan fingerprint density at radius 1 is 1.17 bits per heavy atom. The van der Waals surface area contributed by atoms with E-state index in [0.29, 0.717) is 11.3 Å². The lowest BCUT2D eigenvalue weighted by Crippen LogP contribution is -2.19. The summed E-state index contributed by atoms with van der Waals surface area (Å²) in [4.78, 5) is 12.7. The summed E-state index contributed by atoms with van der Waals surface area (Å²) in [6, 6.07) is 2.94. The molecule has 1 heterocycles. The number of nitrogens with two attached hydrogens (primary N) is 1. The molecular formula is C21H27N3O4S. The van der Waals surface area contributed by atoms with E-state index in [-0.39, 0.29) is 5.09 Å². The number of carbonyl (C=O) groups is 1. The second-order valence-corrected chi connectivity index (χ2v) is 10.1. The van der Waals surface area contributed by atoms with Gasteiger partial charge in [0.05, 0.1) is 5.60 Å². The Bertz CT molecular complexity index is 1090. The number of hydrogen-bond donors (Lipinski definition) is 3. The third-order valence-electron chi connectivity index (χ3n) is 5.77. The largest absolute Gasteiger partial charge is 0.450 e. The summed E-state index contributed by atoms with van der Waals surface area (Å²) in [6.07, 6.45) is 6.00. The van der Waals surface area contributed by atoms with Crippen LogP contribution in [0.5, 0.6) is 0 Å². The van der Waals surface area contributed by atoms with Gasteiger partial charge in [0, 0.05) is 17.3 Å². The molecule has 0 fully saturated rings. The number of benzene rings is 1. The molecule has 0 spiro atoms. The highest BCUT2D eigenvalue weighted by atomic mass is 32.2. The zero-order valence-electron chi connectivity index (χ0n) is 17.0. The van der Waals surface area contributed by atoms with Gasteiger partial charge in [0.2, 0.25) is 5.09 Å². The Kier molecular flexibility index (Phi) is 4.83. The third-order valence-corrected chi connectivity index (χ3v) is 6.98. The molecule has 8 heteroatoms. The number of urea groups is 1. The zero-order chi connectivity index (χ0) is 21.0. The number of nitrogens with zero attached hydrogens (tertiary/aromatic N) is 1. The second-order valence-electron chi connectivity index (χ2n) is 8.42. The van der Waals surface area contributed by atoms with Gasteiger partial charge in [-0.3, -0.25) is 0 Å². The number of aryl methyl sites for hydroxylation is 3. The molecule has 2 aromatic rings. The fourth-order valence-electron chi connectivity index (χ4n) is 4.47. The molecule has 29 heavy (non-hydrogen) atoms. The molecule has 1 aromatic carbocycles. The minimum absolute atomic E-state index is 0.120. The third kappa shape index (κ3) is 3.72. The maximum atomic E-state index is 12.9. The van der Waals surface area contributed by atoms with E-state index in [0.717, 1.165) is 55.3 Å². The van der Waals surface area contributed by atoms with Gasteiger partial charge >= 0.3 is 6.03 Å². The first-order valence-corrected chi connectivity index (χ1v) is 11.5. The van der Waals surface area contributed by atoms with Crippen LogP contribution in [0.4, 0.5) is 10.5 Å². The van der Waals surface area contributed by atoms with Crippen molar-refractivity contribution in [1.82, 2.24) is 0 Å². The monoisotopic (exact) mass is 417 g/mol. The number of rotatable bonds is 3. The number of fused-ring (bicyclic) bond motifs is 2. The molecule has 2 amide bonds. The first-order chi connectivity index (χ1) is 13.6. The Morgan fingerprint density at radius 3 is 2.28 bits per heavy atom. The molecule has 1 atom stereocenters. The number of furan rings is 1. The maximum Gasteiger partial charge on any atom is 0.354 e. The Morgan fingerprint density at radius 2 is 1.76 bits per heavy atom. The summed E-state index contributed by atoms with van der Waals surface area (Å²) < 4.78 is 22.1. The Balaban J connectivity index is 1.67. The van der Waals surface area contributed by atoms with Gasteiger partial charge in [-0.25, -0.2) is 14.1 Å². The van der Waals surface area contributed by atoms with Crippen LogP contribution in [0.3, 0.4) is 0 Å². The fourth-order valence-corrected chi connectivity index (χ4v) is 5.38. The van der Waals surface area contributed by atoms with Crippen LogP contribution in [-0.4, -0.2) is 15.3 Å². The number of aliphatic hydroxyl groups is 1. The minimum Gasteiger partial charge on any atom is -0.450 e. The predicted octanol–water partition coefficient (Wildman–Crippen LogP) is 3.73. The molecule has 0 saturated carbocycles. The lowest BCUT2D eigenvalue weighted by Gasteiger charge is -2.15. The van der Waals surface area contributed by atoms with Crippen LogP contribution < -0.4 is 10.5 Å². The minimum atomic E-state index is -3.58. The molecule has 4 rings (SSSR count). The topological polar surface area (TPSA) is 118 Å². The van der Waals surface area contributed by atoms with Gasteiger partial charge in [-0.2, -0.15) is 0 Å². The molecule has 156 valence electrons. The average Bonchev–Trinajstić information content (AvgIpc) is 3.31. The van der Waals surface area contributed by atoms with Crippen molar-refractivity contribution < 1.29 is 18.5 Å².